The zero-order valence-corrected chi connectivity index (χ0v) is 85.6. The van der Waals surface area contributed by atoms with Crippen molar-refractivity contribution in [3.8, 4) is 0 Å². The third-order valence-electron chi connectivity index (χ3n) is 31.8. The maximum Gasteiger partial charge on any atom is 0.314 e. The molecule has 0 saturated heterocycles. The first-order valence-corrected chi connectivity index (χ1v) is 50.9. The summed E-state index contributed by atoms with van der Waals surface area (Å²) in [5.41, 5.74) is -0.628. The first-order chi connectivity index (χ1) is 58.1. The van der Waals surface area contributed by atoms with E-state index >= 15 is 0 Å². The molecule has 26 atom stereocenters. The molecule has 16 saturated carbocycles. The Balaban J connectivity index is 0.000000681. The van der Waals surface area contributed by atoms with Gasteiger partial charge in [0, 0.05) is 7.11 Å². The third kappa shape index (κ3) is 27.9. The Morgan fingerprint density at radius 3 is 0.984 bits per heavy atom. The van der Waals surface area contributed by atoms with Crippen molar-refractivity contribution >= 4 is 47.8 Å². The van der Waals surface area contributed by atoms with E-state index in [0.29, 0.717) is 85.1 Å². The van der Waals surface area contributed by atoms with Crippen LogP contribution in [0, 0.1) is 144 Å². The number of hydrogen-bond donors (Lipinski definition) is 0. The van der Waals surface area contributed by atoms with Gasteiger partial charge < -0.3 is 42.6 Å². The summed E-state index contributed by atoms with van der Waals surface area (Å²) >= 11 is 0. The summed E-state index contributed by atoms with van der Waals surface area (Å²) < 4.78 is 46.4. The smallest absolute Gasteiger partial charge is 0.314 e. The molecule has 122 heavy (non-hydrogen) atoms. The highest BCUT2D eigenvalue weighted by Gasteiger charge is 2.70. The number of methoxy groups -OCH3 is 3. The molecule has 16 bridgehead atoms. The number of fused-ring (bicyclic) bond motifs is 16. The topological polar surface area (TPSA) is 220 Å². The van der Waals surface area contributed by atoms with Crippen LogP contribution in [0.3, 0.4) is 0 Å². The number of carbonyl (C=O) groups is 8. The summed E-state index contributed by atoms with van der Waals surface area (Å²) in [6.07, 6.45) is 36.8. The van der Waals surface area contributed by atoms with Crippen LogP contribution in [0.15, 0.2) is 0 Å². The van der Waals surface area contributed by atoms with E-state index < -0.39 is 5.41 Å². The van der Waals surface area contributed by atoms with E-state index in [0.717, 1.165) is 86.9 Å². The van der Waals surface area contributed by atoms with Crippen molar-refractivity contribution in [2.75, 3.05) is 47.8 Å². The van der Waals surface area contributed by atoms with Crippen LogP contribution in [0.25, 0.3) is 0 Å². The van der Waals surface area contributed by atoms with E-state index in [2.05, 4.69) is 48.5 Å². The van der Waals surface area contributed by atoms with Crippen LogP contribution in [0.2, 0.25) is 0 Å². The maximum atomic E-state index is 12.3. The van der Waals surface area contributed by atoms with Gasteiger partial charge in [-0.1, -0.05) is 170 Å². The molecule has 17 heteroatoms. The minimum absolute atomic E-state index is 0.00898. The SMILES string of the molecule is CC.CC.CC.CC.CC.CC.CC.CC.CC(C)OC(=O)C1(C)CC2CCC1C2.CC(C)OC(=O)C1CC2CCC1C2.CCOC(=O)C1(C)C(C)C2(C)CCC1(C)C2.CCOC(=O)C1(C)C2CCC(C2)C1OC.CCOC(=O)C1(C)CC2CCC1C2.CCOC(=O)C1CC2CCC1C2.COC(=O)C1(C)CC2CCC1C2.COC(=O)C1CC2CCC1C2. The van der Waals surface area contributed by atoms with Gasteiger partial charge in [0.25, 0.3) is 0 Å². The monoisotopic (exact) mass is 1730 g/mol. The quantitative estimate of drug-likeness (QED) is 0.110. The lowest BCUT2D eigenvalue weighted by molar-refractivity contribution is -0.168. The van der Waals surface area contributed by atoms with E-state index in [9.17, 15) is 38.4 Å². The predicted molar refractivity (Wildman–Crippen MR) is 498 cm³/mol. The number of rotatable bonds is 15. The van der Waals surface area contributed by atoms with Gasteiger partial charge in [-0.3, -0.25) is 38.4 Å². The summed E-state index contributed by atoms with van der Waals surface area (Å²) in [6, 6.07) is 0. The maximum absolute atomic E-state index is 12.3. The van der Waals surface area contributed by atoms with Crippen molar-refractivity contribution in [3.05, 3.63) is 0 Å². The summed E-state index contributed by atoms with van der Waals surface area (Å²) in [7, 11) is 4.71. The summed E-state index contributed by atoms with van der Waals surface area (Å²) in [6.45, 7) is 66.5. The average molecular weight is 1730 g/mol. The van der Waals surface area contributed by atoms with Gasteiger partial charge in [-0.15, -0.1) is 0 Å². The van der Waals surface area contributed by atoms with E-state index in [-0.39, 0.29) is 111 Å². The highest BCUT2D eigenvalue weighted by atomic mass is 16.6. The number of esters is 8. The van der Waals surface area contributed by atoms with Crippen LogP contribution < -0.4 is 0 Å². The molecule has 16 aliphatic carbocycles. The normalized spacial score (nSPS) is 37.4. The van der Waals surface area contributed by atoms with Crippen molar-refractivity contribution in [1.29, 1.82) is 0 Å². The van der Waals surface area contributed by atoms with Gasteiger partial charge in [0.15, 0.2) is 0 Å². The Morgan fingerprint density at radius 1 is 0.328 bits per heavy atom. The van der Waals surface area contributed by atoms with Crippen molar-refractivity contribution in [2.45, 2.75) is 432 Å². The van der Waals surface area contributed by atoms with E-state index in [1.165, 1.54) is 155 Å². The Morgan fingerprint density at radius 2 is 0.672 bits per heavy atom. The van der Waals surface area contributed by atoms with Gasteiger partial charge in [-0.2, -0.15) is 0 Å². The molecule has 0 radical (unpaired) electrons. The summed E-state index contributed by atoms with van der Waals surface area (Å²) in [4.78, 5) is 93.7. The predicted octanol–water partition coefficient (Wildman–Crippen LogP) is 26.7. The number of ether oxygens (including phenoxy) is 9. The highest BCUT2D eigenvalue weighted by Crippen LogP contribution is 2.73. The van der Waals surface area contributed by atoms with Crippen LogP contribution in [0.4, 0.5) is 0 Å². The molecule has 0 spiro atoms. The first kappa shape index (κ1) is 116. The molecule has 0 amide bonds. The van der Waals surface area contributed by atoms with Crippen molar-refractivity contribution in [2.24, 2.45) is 144 Å². The van der Waals surface area contributed by atoms with Crippen LogP contribution in [-0.4, -0.2) is 114 Å². The molecule has 0 aliphatic heterocycles. The van der Waals surface area contributed by atoms with Gasteiger partial charge in [0.1, 0.15) is 0 Å². The lowest BCUT2D eigenvalue weighted by Gasteiger charge is -2.45. The average Bonchev–Trinajstić information content (AvgIpc) is 1.53. The van der Waals surface area contributed by atoms with Gasteiger partial charge in [-0.25, -0.2) is 0 Å². The van der Waals surface area contributed by atoms with Gasteiger partial charge >= 0.3 is 47.8 Å². The highest BCUT2D eigenvalue weighted by molar-refractivity contribution is 5.81. The van der Waals surface area contributed by atoms with Gasteiger partial charge in [0.05, 0.1) is 104 Å². The second-order valence-corrected chi connectivity index (χ2v) is 38.7. The molecule has 0 aromatic heterocycles. The molecular formula is C105H194O17. The summed E-state index contributed by atoms with van der Waals surface area (Å²) in [5, 5.41) is 0. The fourth-order valence-electron chi connectivity index (χ4n) is 25.7. The Hall–Kier alpha value is -4.28. The molecule has 716 valence electrons. The second-order valence-electron chi connectivity index (χ2n) is 38.7. The molecule has 16 aliphatic rings. The Labute approximate surface area is 749 Å². The van der Waals surface area contributed by atoms with Crippen LogP contribution in [0.1, 0.15) is 414 Å². The van der Waals surface area contributed by atoms with Gasteiger partial charge in [0.2, 0.25) is 0 Å². The van der Waals surface area contributed by atoms with E-state index in [4.69, 9.17) is 42.6 Å². The third-order valence-corrected chi connectivity index (χ3v) is 31.8. The van der Waals surface area contributed by atoms with Crippen molar-refractivity contribution < 1.29 is 81.0 Å². The molecule has 0 aromatic carbocycles. The number of carbonyl (C=O) groups excluding carboxylic acids is 8. The molecule has 0 N–H and O–H groups in total. The minimum atomic E-state index is -0.395. The van der Waals surface area contributed by atoms with Crippen molar-refractivity contribution in [1.82, 2.24) is 0 Å². The zero-order valence-electron chi connectivity index (χ0n) is 85.6. The van der Waals surface area contributed by atoms with E-state index in [1.807, 2.05) is 173 Å². The van der Waals surface area contributed by atoms with Crippen molar-refractivity contribution in [3.63, 3.8) is 0 Å². The molecule has 16 fully saturated rings. The molecule has 17 nitrogen and oxygen atoms in total. The largest absolute Gasteiger partial charge is 0.469 e. The summed E-state index contributed by atoms with van der Waals surface area (Å²) in [5.74, 6) is 11.1. The van der Waals surface area contributed by atoms with E-state index in [1.54, 1.807) is 7.11 Å². The van der Waals surface area contributed by atoms with Crippen LogP contribution in [0.5, 0.6) is 0 Å². The standard InChI is InChI=1S/C14H24O2.C12H20O3.C12H20O2.2C11H18O2.2C10H16O2.C9H14O2.8C2H6/c1-6-16-11(15)14(5)10(2)12(3)7-8-13(14,4)9-12;1-4-15-11(13)12(2)9-6-5-8(7-9)10(12)14-3;1-8(2)14-11(13)12(3)7-9-4-5-10(12)6-9;1-7(2)13-11(12)10-6-8-3-4-9(10)5-8;1-3-13-10(12)11(2)7-8-4-5-9(11)6-8;1-10(9(11)12-2)6-7-3-4-8(10)5-7;1-2-12-10(11)9-6-7-3-4-8(9)5-7;1-11-9(10)8-5-6-2-3-7(8)4-6;8*1-2/h10H,6-9H2,1-5H3;8-10H,4-7H2,1-3H3;8-10H,4-7H2,1-3H3;7-10H,3-6H2,1-2H3;8-9H,3-7H2,1-2H3;7-8H,3-6H2,1-2H3;7-9H,2-6H2,1H3;6-8H,2-5H2,1H3;8*1-2H3. The second kappa shape index (κ2) is 55.6. The lowest BCUT2D eigenvalue weighted by atomic mass is 9.58. The fraction of sp³-hybridized carbons (Fsp3) is 0.924. The zero-order chi connectivity index (χ0) is 93.6. The Kier molecular flexibility index (Phi) is 52.7. The Bertz CT molecular complexity index is 3020. The molecule has 16 rings (SSSR count). The minimum Gasteiger partial charge on any atom is -0.469 e. The lowest BCUT2D eigenvalue weighted by Crippen LogP contribution is -2.47. The van der Waals surface area contributed by atoms with Crippen LogP contribution in [-0.2, 0) is 81.0 Å². The van der Waals surface area contributed by atoms with Crippen LogP contribution >= 0.6 is 0 Å². The molecule has 0 heterocycles. The fourth-order valence-corrected chi connectivity index (χ4v) is 25.7. The molecule has 26 unspecified atom stereocenters. The first-order valence-electron chi connectivity index (χ1n) is 50.9. The molecular weight excluding hydrogens is 1530 g/mol. The molecule has 0 aromatic rings. The van der Waals surface area contributed by atoms with Gasteiger partial charge in [-0.05, 0) is 344 Å². The number of hydrogen-bond acceptors (Lipinski definition) is 17.